The van der Waals surface area contributed by atoms with Crippen molar-refractivity contribution in [2.45, 2.75) is 38.3 Å². The van der Waals surface area contributed by atoms with Crippen LogP contribution in [0.4, 0.5) is 4.79 Å². The minimum absolute atomic E-state index is 0.130. The molecule has 0 radical (unpaired) electrons. The second-order valence-electron chi connectivity index (χ2n) is 7.88. The van der Waals surface area contributed by atoms with E-state index < -0.39 is 17.8 Å². The zero-order chi connectivity index (χ0) is 23.5. The van der Waals surface area contributed by atoms with E-state index in [1.54, 1.807) is 24.3 Å². The number of hydrogen-bond acceptors (Lipinski definition) is 5. The van der Waals surface area contributed by atoms with Gasteiger partial charge in [-0.15, -0.1) is 0 Å². The molecule has 1 aliphatic carbocycles. The Morgan fingerprint density at radius 2 is 1.79 bits per heavy atom. The molecule has 1 saturated carbocycles. The summed E-state index contributed by atoms with van der Waals surface area (Å²) in [5.41, 5.74) is 1.23. The molecule has 4 amide bonds. The quantitative estimate of drug-likeness (QED) is 0.457. The number of halogens is 2. The summed E-state index contributed by atoms with van der Waals surface area (Å²) in [4.78, 5) is 38.9. The maximum absolute atomic E-state index is 13.0. The van der Waals surface area contributed by atoms with Crippen LogP contribution in [0.15, 0.2) is 42.0 Å². The molecule has 1 saturated heterocycles. The van der Waals surface area contributed by atoms with E-state index in [1.807, 2.05) is 12.1 Å². The van der Waals surface area contributed by atoms with Crippen molar-refractivity contribution in [2.24, 2.45) is 0 Å². The predicted molar refractivity (Wildman–Crippen MR) is 124 cm³/mol. The molecule has 0 bridgehead atoms. The molecule has 7 nitrogen and oxygen atoms in total. The van der Waals surface area contributed by atoms with E-state index in [0.29, 0.717) is 22.1 Å². The summed E-state index contributed by atoms with van der Waals surface area (Å²) in [6, 6.07) is 9.53. The standard InChI is InChI=1S/C24H22Cl2N2O5/c1-32-20-12-15(11-19(26)21(20)33-13-14-6-8-16(25)9-7-14)10-18-22(29)27-24(31)28(23(18)30)17-4-2-3-5-17/h6-12,17H,2-5,13H2,1H3,(H,27,29,31)/b18-10+. The fourth-order valence-corrected chi connectivity index (χ4v) is 4.43. The highest BCUT2D eigenvalue weighted by molar-refractivity contribution is 6.33. The predicted octanol–water partition coefficient (Wildman–Crippen LogP) is 4.99. The zero-order valence-electron chi connectivity index (χ0n) is 17.9. The van der Waals surface area contributed by atoms with Gasteiger partial charge < -0.3 is 9.47 Å². The number of urea groups is 1. The van der Waals surface area contributed by atoms with Gasteiger partial charge >= 0.3 is 6.03 Å². The zero-order valence-corrected chi connectivity index (χ0v) is 19.4. The van der Waals surface area contributed by atoms with E-state index in [1.165, 1.54) is 13.2 Å². The van der Waals surface area contributed by atoms with Crippen LogP contribution in [0.1, 0.15) is 36.8 Å². The minimum Gasteiger partial charge on any atom is -0.493 e. The summed E-state index contributed by atoms with van der Waals surface area (Å²) in [6.07, 6.45) is 4.77. The molecular formula is C24H22Cl2N2O5. The Labute approximate surface area is 201 Å². The fraction of sp³-hybridized carbons (Fsp3) is 0.292. The third kappa shape index (κ3) is 4.99. The van der Waals surface area contributed by atoms with E-state index in [2.05, 4.69) is 5.32 Å². The number of nitrogens with zero attached hydrogens (tertiary/aromatic N) is 1. The number of benzene rings is 2. The fourth-order valence-electron chi connectivity index (χ4n) is 4.03. The number of rotatable bonds is 6. The van der Waals surface area contributed by atoms with Gasteiger partial charge in [-0.1, -0.05) is 48.2 Å². The third-order valence-electron chi connectivity index (χ3n) is 5.68. The average molecular weight is 489 g/mol. The number of nitrogens with one attached hydrogen (secondary N) is 1. The molecule has 2 fully saturated rings. The van der Waals surface area contributed by atoms with Crippen LogP contribution in [0.5, 0.6) is 11.5 Å². The molecule has 1 heterocycles. The molecule has 2 aromatic rings. The molecule has 0 aromatic heterocycles. The van der Waals surface area contributed by atoms with Crippen LogP contribution in [0.3, 0.4) is 0 Å². The maximum Gasteiger partial charge on any atom is 0.331 e. The summed E-state index contributed by atoms with van der Waals surface area (Å²) >= 11 is 12.4. The van der Waals surface area contributed by atoms with Crippen LogP contribution >= 0.6 is 23.2 Å². The first-order valence-corrected chi connectivity index (χ1v) is 11.3. The molecule has 172 valence electrons. The second kappa shape index (κ2) is 9.85. The molecule has 33 heavy (non-hydrogen) atoms. The van der Waals surface area contributed by atoms with Gasteiger partial charge in [0.15, 0.2) is 11.5 Å². The van der Waals surface area contributed by atoms with Crippen LogP contribution in [0, 0.1) is 0 Å². The number of amides is 4. The highest BCUT2D eigenvalue weighted by Crippen LogP contribution is 2.38. The van der Waals surface area contributed by atoms with Crippen LogP contribution < -0.4 is 14.8 Å². The van der Waals surface area contributed by atoms with Gasteiger partial charge in [0, 0.05) is 11.1 Å². The Morgan fingerprint density at radius 1 is 1.09 bits per heavy atom. The smallest absolute Gasteiger partial charge is 0.331 e. The average Bonchev–Trinajstić information content (AvgIpc) is 3.31. The van der Waals surface area contributed by atoms with E-state index in [4.69, 9.17) is 32.7 Å². The molecule has 0 unspecified atom stereocenters. The molecular weight excluding hydrogens is 467 g/mol. The lowest BCUT2D eigenvalue weighted by molar-refractivity contribution is -0.131. The Morgan fingerprint density at radius 3 is 2.45 bits per heavy atom. The molecule has 0 spiro atoms. The summed E-state index contributed by atoms with van der Waals surface area (Å²) < 4.78 is 11.3. The number of ether oxygens (including phenoxy) is 2. The highest BCUT2D eigenvalue weighted by Gasteiger charge is 2.40. The van der Waals surface area contributed by atoms with Crippen molar-refractivity contribution < 1.29 is 23.9 Å². The van der Waals surface area contributed by atoms with Gasteiger partial charge in [-0.2, -0.15) is 0 Å². The Hall–Kier alpha value is -3.03. The lowest BCUT2D eigenvalue weighted by Crippen LogP contribution is -2.57. The number of carbonyl (C=O) groups excluding carboxylic acids is 3. The maximum atomic E-state index is 13.0. The van der Waals surface area contributed by atoms with Gasteiger partial charge in [-0.05, 0) is 54.3 Å². The Bertz CT molecular complexity index is 1120. The molecule has 1 N–H and O–H groups in total. The van der Waals surface area contributed by atoms with Crippen LogP contribution in [-0.2, 0) is 16.2 Å². The first-order chi connectivity index (χ1) is 15.9. The highest BCUT2D eigenvalue weighted by atomic mass is 35.5. The van der Waals surface area contributed by atoms with Gasteiger partial charge in [0.1, 0.15) is 12.2 Å². The normalized spacial score (nSPS) is 18.1. The number of barbiturate groups is 1. The SMILES string of the molecule is COc1cc(/C=C2\C(=O)NC(=O)N(C3CCCC3)C2=O)cc(Cl)c1OCc1ccc(Cl)cc1. The summed E-state index contributed by atoms with van der Waals surface area (Å²) in [7, 11) is 1.47. The van der Waals surface area contributed by atoms with Gasteiger partial charge in [0.25, 0.3) is 11.8 Å². The Balaban J connectivity index is 1.59. The van der Waals surface area contributed by atoms with Crippen molar-refractivity contribution in [1.82, 2.24) is 10.2 Å². The van der Waals surface area contributed by atoms with Gasteiger partial charge in [0.05, 0.1) is 12.1 Å². The van der Waals surface area contributed by atoms with Crippen LogP contribution in [-0.4, -0.2) is 35.9 Å². The minimum atomic E-state index is -0.739. The van der Waals surface area contributed by atoms with Crippen molar-refractivity contribution in [1.29, 1.82) is 0 Å². The van der Waals surface area contributed by atoms with Crippen molar-refractivity contribution >= 4 is 47.1 Å². The summed E-state index contributed by atoms with van der Waals surface area (Å²) in [5, 5.41) is 3.14. The molecule has 0 atom stereocenters. The summed E-state index contributed by atoms with van der Waals surface area (Å²) in [5.74, 6) is -0.666. The Kier molecular flexibility index (Phi) is 6.91. The lowest BCUT2D eigenvalue weighted by Gasteiger charge is -2.31. The van der Waals surface area contributed by atoms with Crippen LogP contribution in [0.2, 0.25) is 10.0 Å². The topological polar surface area (TPSA) is 84.9 Å². The van der Waals surface area contributed by atoms with E-state index >= 15 is 0 Å². The molecule has 1 aliphatic heterocycles. The van der Waals surface area contributed by atoms with Gasteiger partial charge in [-0.25, -0.2) is 4.79 Å². The summed E-state index contributed by atoms with van der Waals surface area (Å²) in [6.45, 7) is 0.243. The number of hydrogen-bond donors (Lipinski definition) is 1. The third-order valence-corrected chi connectivity index (χ3v) is 6.21. The van der Waals surface area contributed by atoms with Crippen molar-refractivity contribution in [3.05, 3.63) is 63.1 Å². The van der Waals surface area contributed by atoms with E-state index in [9.17, 15) is 14.4 Å². The largest absolute Gasteiger partial charge is 0.493 e. The first-order valence-electron chi connectivity index (χ1n) is 10.5. The van der Waals surface area contributed by atoms with Gasteiger partial charge in [-0.3, -0.25) is 19.8 Å². The van der Waals surface area contributed by atoms with Crippen LogP contribution in [0.25, 0.3) is 6.08 Å². The molecule has 9 heteroatoms. The monoisotopic (exact) mass is 488 g/mol. The number of methoxy groups -OCH3 is 1. The molecule has 4 rings (SSSR count). The van der Waals surface area contributed by atoms with Crippen molar-refractivity contribution in [3.63, 3.8) is 0 Å². The number of imide groups is 2. The lowest BCUT2D eigenvalue weighted by atomic mass is 10.0. The van der Waals surface area contributed by atoms with Crippen molar-refractivity contribution in [2.75, 3.05) is 7.11 Å². The van der Waals surface area contributed by atoms with Crippen molar-refractivity contribution in [3.8, 4) is 11.5 Å². The van der Waals surface area contributed by atoms with E-state index in [-0.39, 0.29) is 23.2 Å². The first kappa shape index (κ1) is 23.1. The molecule has 2 aliphatic rings. The van der Waals surface area contributed by atoms with E-state index in [0.717, 1.165) is 36.1 Å². The van der Waals surface area contributed by atoms with Gasteiger partial charge in [0.2, 0.25) is 0 Å². The number of carbonyl (C=O) groups is 3. The molecule has 2 aromatic carbocycles. The second-order valence-corrected chi connectivity index (χ2v) is 8.72.